The van der Waals surface area contributed by atoms with Crippen molar-refractivity contribution in [2.24, 2.45) is 0 Å². The molecule has 1 aliphatic rings. The highest BCUT2D eigenvalue weighted by molar-refractivity contribution is 6.32. The zero-order valence-corrected chi connectivity index (χ0v) is 24.6. The van der Waals surface area contributed by atoms with E-state index >= 15 is 0 Å². The van der Waals surface area contributed by atoms with E-state index in [9.17, 15) is 9.18 Å². The van der Waals surface area contributed by atoms with Gasteiger partial charge in [0.1, 0.15) is 36.1 Å². The third-order valence-electron chi connectivity index (χ3n) is 7.01. The number of carbonyl (C=O) groups excluding carboxylic acids is 1. The van der Waals surface area contributed by atoms with Crippen molar-refractivity contribution in [3.63, 3.8) is 0 Å². The van der Waals surface area contributed by atoms with Gasteiger partial charge in [-0.2, -0.15) is 0 Å². The predicted octanol–water partition coefficient (Wildman–Crippen LogP) is 6.36. The summed E-state index contributed by atoms with van der Waals surface area (Å²) in [5.74, 6) is 0.788. The average molecular weight is 606 g/mol. The highest BCUT2D eigenvalue weighted by atomic mass is 35.5. The van der Waals surface area contributed by atoms with Gasteiger partial charge in [0, 0.05) is 36.3 Å². The SMILES string of the molecule is C=CC(=O)Nc1cc2c(Nc3ccc(OCc4cccc(F)c4)c(Cl)c3)ncnc2cc1OCCCN1CCOC[C@@H]1C. The molecule has 0 radical (unpaired) electrons. The van der Waals surface area contributed by atoms with Crippen LogP contribution in [0.4, 0.5) is 21.6 Å². The van der Waals surface area contributed by atoms with Crippen molar-refractivity contribution in [3.8, 4) is 11.5 Å². The number of amides is 1. The van der Waals surface area contributed by atoms with Gasteiger partial charge < -0.3 is 24.8 Å². The van der Waals surface area contributed by atoms with Crippen LogP contribution in [0.3, 0.4) is 0 Å². The number of hydrogen-bond donors (Lipinski definition) is 2. The lowest BCUT2D eigenvalue weighted by molar-refractivity contribution is -0.111. The molecule has 43 heavy (non-hydrogen) atoms. The first-order chi connectivity index (χ1) is 20.9. The first-order valence-electron chi connectivity index (χ1n) is 14.0. The highest BCUT2D eigenvalue weighted by Crippen LogP contribution is 2.35. The quantitative estimate of drug-likeness (QED) is 0.142. The molecule has 5 rings (SSSR count). The fraction of sp³-hybridized carbons (Fsp3) is 0.281. The number of carbonyl (C=O) groups is 1. The molecule has 3 aromatic carbocycles. The first kappa shape index (κ1) is 30.2. The molecule has 0 saturated carbocycles. The fourth-order valence-electron chi connectivity index (χ4n) is 4.75. The summed E-state index contributed by atoms with van der Waals surface area (Å²) < 4.78 is 30.9. The van der Waals surface area contributed by atoms with Crippen LogP contribution in [0.2, 0.25) is 5.02 Å². The molecule has 11 heteroatoms. The van der Waals surface area contributed by atoms with Crippen LogP contribution in [0, 0.1) is 5.82 Å². The lowest BCUT2D eigenvalue weighted by atomic mass is 10.1. The van der Waals surface area contributed by atoms with E-state index in [4.69, 9.17) is 25.8 Å². The van der Waals surface area contributed by atoms with Crippen LogP contribution in [0.15, 0.2) is 73.6 Å². The van der Waals surface area contributed by atoms with Gasteiger partial charge in [0.05, 0.1) is 36.0 Å². The second-order valence-corrected chi connectivity index (χ2v) is 10.5. The van der Waals surface area contributed by atoms with Crippen LogP contribution in [-0.2, 0) is 16.1 Å². The van der Waals surface area contributed by atoms with Crippen LogP contribution in [0.25, 0.3) is 10.9 Å². The van der Waals surface area contributed by atoms with Gasteiger partial charge >= 0.3 is 0 Å². The third kappa shape index (κ3) is 7.98. The van der Waals surface area contributed by atoms with Gasteiger partial charge in [-0.05, 0) is 61.4 Å². The smallest absolute Gasteiger partial charge is 0.247 e. The van der Waals surface area contributed by atoms with Gasteiger partial charge in [-0.1, -0.05) is 30.3 Å². The van der Waals surface area contributed by atoms with E-state index in [1.165, 1.54) is 24.5 Å². The van der Waals surface area contributed by atoms with Crippen molar-refractivity contribution < 1.29 is 23.4 Å². The number of nitrogens with zero attached hydrogens (tertiary/aromatic N) is 3. The molecule has 0 spiro atoms. The summed E-state index contributed by atoms with van der Waals surface area (Å²) in [6.45, 7) is 9.63. The van der Waals surface area contributed by atoms with Crippen molar-refractivity contribution in [2.45, 2.75) is 26.0 Å². The number of aromatic nitrogens is 2. The Bertz CT molecular complexity index is 1600. The number of rotatable bonds is 12. The minimum atomic E-state index is -0.363. The number of halogens is 2. The summed E-state index contributed by atoms with van der Waals surface area (Å²) in [6, 6.07) is 15.4. The van der Waals surface area contributed by atoms with Gasteiger partial charge in [0.15, 0.2) is 0 Å². The van der Waals surface area contributed by atoms with Crippen molar-refractivity contribution >= 4 is 45.6 Å². The van der Waals surface area contributed by atoms with Crippen molar-refractivity contribution in [1.29, 1.82) is 0 Å². The van der Waals surface area contributed by atoms with Crippen LogP contribution in [-0.4, -0.2) is 59.7 Å². The summed E-state index contributed by atoms with van der Waals surface area (Å²) in [5.41, 5.74) is 2.47. The predicted molar refractivity (Wildman–Crippen MR) is 166 cm³/mol. The van der Waals surface area contributed by atoms with Gasteiger partial charge in [-0.3, -0.25) is 9.69 Å². The molecule has 1 fully saturated rings. The van der Waals surface area contributed by atoms with Crippen molar-refractivity contribution in [1.82, 2.24) is 14.9 Å². The highest BCUT2D eigenvalue weighted by Gasteiger charge is 2.18. The van der Waals surface area contributed by atoms with Gasteiger partial charge in [-0.25, -0.2) is 14.4 Å². The molecule has 1 saturated heterocycles. The molecule has 0 bridgehead atoms. The molecule has 1 aliphatic heterocycles. The van der Waals surface area contributed by atoms with Crippen LogP contribution in [0.5, 0.6) is 11.5 Å². The average Bonchev–Trinajstić information content (AvgIpc) is 3.00. The number of morpholine rings is 1. The Morgan fingerprint density at radius 1 is 1.19 bits per heavy atom. The molecular formula is C32H33ClFN5O4. The van der Waals surface area contributed by atoms with E-state index in [0.29, 0.717) is 62.8 Å². The van der Waals surface area contributed by atoms with E-state index in [1.807, 2.05) is 0 Å². The summed E-state index contributed by atoms with van der Waals surface area (Å²) in [4.78, 5) is 23.5. The minimum Gasteiger partial charge on any atom is -0.491 e. The summed E-state index contributed by atoms with van der Waals surface area (Å²) in [5, 5.41) is 7.15. The molecule has 1 amide bonds. The second-order valence-electron chi connectivity index (χ2n) is 10.1. The molecule has 224 valence electrons. The summed E-state index contributed by atoms with van der Waals surface area (Å²) in [6.07, 6.45) is 3.47. The van der Waals surface area contributed by atoms with E-state index in [0.717, 1.165) is 32.7 Å². The van der Waals surface area contributed by atoms with Crippen LogP contribution in [0.1, 0.15) is 18.9 Å². The molecule has 1 aromatic heterocycles. The monoisotopic (exact) mass is 605 g/mol. The molecular weight excluding hydrogens is 573 g/mol. The standard InChI is InChI=1S/C32H33ClFN5O4/c1-3-31(40)38-28-16-25-27(17-30(28)42-12-5-10-39-11-13-41-18-21(39)2)35-20-36-32(25)37-24-8-9-29(26(33)15-24)43-19-22-6-4-7-23(34)14-22/h3-4,6-9,14-17,20-21H,1,5,10-13,18-19H2,2H3,(H,38,40)(H,35,36,37)/t21-/m0/s1. The molecule has 4 aromatic rings. The maximum atomic E-state index is 13.5. The fourth-order valence-corrected chi connectivity index (χ4v) is 4.98. The molecule has 0 aliphatic carbocycles. The lowest BCUT2D eigenvalue weighted by Gasteiger charge is -2.33. The zero-order valence-electron chi connectivity index (χ0n) is 23.8. The number of ether oxygens (including phenoxy) is 3. The van der Waals surface area contributed by atoms with Gasteiger partial charge in [-0.15, -0.1) is 0 Å². The van der Waals surface area contributed by atoms with E-state index in [-0.39, 0.29) is 18.3 Å². The number of nitrogens with one attached hydrogen (secondary N) is 2. The van der Waals surface area contributed by atoms with Crippen LogP contribution >= 0.6 is 11.6 Å². The zero-order chi connectivity index (χ0) is 30.2. The Morgan fingerprint density at radius 2 is 2.07 bits per heavy atom. The largest absolute Gasteiger partial charge is 0.491 e. The Kier molecular flexibility index (Phi) is 10.0. The molecule has 0 unspecified atom stereocenters. The van der Waals surface area contributed by atoms with E-state index in [2.05, 4.69) is 39.0 Å². The second kappa shape index (κ2) is 14.3. The molecule has 1 atom stereocenters. The van der Waals surface area contributed by atoms with Crippen molar-refractivity contribution in [3.05, 3.63) is 90.0 Å². The van der Waals surface area contributed by atoms with Gasteiger partial charge in [0.2, 0.25) is 5.91 Å². The molecule has 9 nitrogen and oxygen atoms in total. The summed E-state index contributed by atoms with van der Waals surface area (Å²) in [7, 11) is 0. The number of fused-ring (bicyclic) bond motifs is 1. The third-order valence-corrected chi connectivity index (χ3v) is 7.31. The maximum Gasteiger partial charge on any atom is 0.247 e. The topological polar surface area (TPSA) is 97.8 Å². The van der Waals surface area contributed by atoms with E-state index < -0.39 is 0 Å². The Morgan fingerprint density at radius 3 is 2.86 bits per heavy atom. The Labute approximate surface area is 254 Å². The van der Waals surface area contributed by atoms with Gasteiger partial charge in [0.25, 0.3) is 0 Å². The van der Waals surface area contributed by atoms with Crippen LogP contribution < -0.4 is 20.1 Å². The minimum absolute atomic E-state index is 0.177. The maximum absolute atomic E-state index is 13.5. The van der Waals surface area contributed by atoms with Crippen molar-refractivity contribution in [2.75, 3.05) is 43.5 Å². The Hall–Kier alpha value is -4.25. The number of hydrogen-bond acceptors (Lipinski definition) is 8. The molecule has 2 heterocycles. The molecule has 2 N–H and O–H groups in total. The van der Waals surface area contributed by atoms with E-state index in [1.54, 1.807) is 42.5 Å². The summed E-state index contributed by atoms with van der Waals surface area (Å²) >= 11 is 6.49. The Balaban J connectivity index is 1.31. The first-order valence-corrected chi connectivity index (χ1v) is 14.4. The number of anilines is 3. The normalized spacial score (nSPS) is 15.2. The number of benzene rings is 3. The lowest BCUT2D eigenvalue weighted by Crippen LogP contribution is -2.44.